The summed E-state index contributed by atoms with van der Waals surface area (Å²) in [7, 11) is 0. The predicted octanol–water partition coefficient (Wildman–Crippen LogP) is 2.26. The number of hydrogen-bond donors (Lipinski definition) is 0. The van der Waals surface area contributed by atoms with E-state index < -0.39 is 0 Å². The summed E-state index contributed by atoms with van der Waals surface area (Å²) in [5, 5.41) is -0.173. The van der Waals surface area contributed by atoms with Crippen LogP contribution in [0, 0.1) is 17.0 Å². The van der Waals surface area contributed by atoms with Crippen molar-refractivity contribution in [2.75, 3.05) is 0 Å². The zero-order valence-corrected chi connectivity index (χ0v) is 5.76. The van der Waals surface area contributed by atoms with Crippen molar-refractivity contribution in [3.8, 4) is 11.8 Å². The van der Waals surface area contributed by atoms with Crippen LogP contribution >= 0.6 is 11.3 Å². The van der Waals surface area contributed by atoms with E-state index in [2.05, 4.69) is 11.8 Å². The lowest BCUT2D eigenvalue weighted by atomic mass is 10.5. The molecule has 0 fully saturated rings. The first-order valence-corrected chi connectivity index (χ1v) is 3.32. The van der Waals surface area contributed by atoms with Gasteiger partial charge in [-0.3, -0.25) is 0 Å². The quantitative estimate of drug-likeness (QED) is 0.485. The Hall–Kier alpha value is -0.810. The zero-order valence-electron chi connectivity index (χ0n) is 4.94. The molecular formula is C7H5FS. The van der Waals surface area contributed by atoms with Crippen molar-refractivity contribution in [1.29, 1.82) is 0 Å². The standard InChI is InChI=1S/C7H5FS/c1-2-3-6-4-5-7(8)9-6/h4-5H,1H3. The summed E-state index contributed by atoms with van der Waals surface area (Å²) in [5.41, 5.74) is 0. The zero-order chi connectivity index (χ0) is 6.69. The van der Waals surface area contributed by atoms with Crippen molar-refractivity contribution in [3.05, 3.63) is 22.1 Å². The molecule has 0 saturated heterocycles. The van der Waals surface area contributed by atoms with Crippen LogP contribution in [0.5, 0.6) is 0 Å². The van der Waals surface area contributed by atoms with Crippen LogP contribution < -0.4 is 0 Å². The molecule has 1 aromatic rings. The van der Waals surface area contributed by atoms with Gasteiger partial charge in [0, 0.05) is 0 Å². The Labute approximate surface area is 57.3 Å². The summed E-state index contributed by atoms with van der Waals surface area (Å²) in [6.07, 6.45) is 0. The van der Waals surface area contributed by atoms with Crippen LogP contribution in [0.2, 0.25) is 0 Å². The molecule has 0 nitrogen and oxygen atoms in total. The minimum atomic E-state index is -0.173. The van der Waals surface area contributed by atoms with Gasteiger partial charge in [-0.25, -0.2) is 0 Å². The van der Waals surface area contributed by atoms with Crippen molar-refractivity contribution in [1.82, 2.24) is 0 Å². The number of hydrogen-bond acceptors (Lipinski definition) is 1. The second-order valence-electron chi connectivity index (χ2n) is 1.48. The molecule has 0 aliphatic carbocycles. The highest BCUT2D eigenvalue weighted by molar-refractivity contribution is 7.10. The summed E-state index contributed by atoms with van der Waals surface area (Å²) in [6, 6.07) is 3.10. The fourth-order valence-corrected chi connectivity index (χ4v) is 1.14. The Morgan fingerprint density at radius 2 is 2.33 bits per heavy atom. The van der Waals surface area contributed by atoms with Crippen LogP contribution in [-0.4, -0.2) is 0 Å². The van der Waals surface area contributed by atoms with E-state index >= 15 is 0 Å². The van der Waals surface area contributed by atoms with E-state index in [1.807, 2.05) is 0 Å². The molecule has 0 aromatic carbocycles. The number of halogens is 1. The lowest BCUT2D eigenvalue weighted by molar-refractivity contribution is 0.657. The van der Waals surface area contributed by atoms with E-state index in [1.54, 1.807) is 13.0 Å². The van der Waals surface area contributed by atoms with Gasteiger partial charge in [-0.2, -0.15) is 4.39 Å². The van der Waals surface area contributed by atoms with Gasteiger partial charge in [-0.1, -0.05) is 17.3 Å². The monoisotopic (exact) mass is 140 g/mol. The third-order valence-electron chi connectivity index (χ3n) is 0.821. The fourth-order valence-electron chi connectivity index (χ4n) is 0.505. The molecule has 1 aromatic heterocycles. The Morgan fingerprint density at radius 1 is 1.56 bits per heavy atom. The molecule has 0 saturated carbocycles. The maximum Gasteiger partial charge on any atom is 0.177 e. The number of thiophene rings is 1. The van der Waals surface area contributed by atoms with E-state index in [4.69, 9.17) is 0 Å². The van der Waals surface area contributed by atoms with Crippen molar-refractivity contribution >= 4 is 11.3 Å². The Morgan fingerprint density at radius 3 is 2.78 bits per heavy atom. The summed E-state index contributed by atoms with van der Waals surface area (Å²) < 4.78 is 12.2. The van der Waals surface area contributed by atoms with Gasteiger partial charge in [-0.05, 0) is 19.1 Å². The maximum absolute atomic E-state index is 12.2. The van der Waals surface area contributed by atoms with Crippen LogP contribution in [0.15, 0.2) is 12.1 Å². The van der Waals surface area contributed by atoms with E-state index in [0.29, 0.717) is 0 Å². The summed E-state index contributed by atoms with van der Waals surface area (Å²) >= 11 is 1.07. The molecule has 9 heavy (non-hydrogen) atoms. The van der Waals surface area contributed by atoms with Gasteiger partial charge >= 0.3 is 0 Å². The summed E-state index contributed by atoms with van der Waals surface area (Å²) in [4.78, 5) is 0.787. The second kappa shape index (κ2) is 2.65. The average Bonchev–Trinajstić information content (AvgIpc) is 2.17. The fraction of sp³-hybridized carbons (Fsp3) is 0.143. The molecule has 46 valence electrons. The molecule has 0 unspecified atom stereocenters. The minimum Gasteiger partial charge on any atom is -0.195 e. The van der Waals surface area contributed by atoms with Crippen LogP contribution in [0.3, 0.4) is 0 Å². The van der Waals surface area contributed by atoms with Gasteiger partial charge in [0.05, 0.1) is 4.88 Å². The average molecular weight is 140 g/mol. The van der Waals surface area contributed by atoms with E-state index in [-0.39, 0.29) is 5.13 Å². The summed E-state index contributed by atoms with van der Waals surface area (Å²) in [6.45, 7) is 1.73. The number of rotatable bonds is 0. The first-order chi connectivity index (χ1) is 4.33. The van der Waals surface area contributed by atoms with Gasteiger partial charge in [0.25, 0.3) is 0 Å². The van der Waals surface area contributed by atoms with Gasteiger partial charge in [0.2, 0.25) is 0 Å². The minimum absolute atomic E-state index is 0.173. The van der Waals surface area contributed by atoms with Gasteiger partial charge in [0.15, 0.2) is 5.13 Å². The highest BCUT2D eigenvalue weighted by Crippen LogP contribution is 2.11. The molecule has 0 bridgehead atoms. The third kappa shape index (κ3) is 1.55. The lowest BCUT2D eigenvalue weighted by Gasteiger charge is -1.70. The molecule has 0 aliphatic heterocycles. The van der Waals surface area contributed by atoms with Crippen LogP contribution in [0.1, 0.15) is 11.8 Å². The second-order valence-corrected chi connectivity index (χ2v) is 2.51. The Bertz CT molecular complexity index is 251. The predicted molar refractivity (Wildman–Crippen MR) is 36.8 cm³/mol. The normalized spacial score (nSPS) is 8.22. The smallest absolute Gasteiger partial charge is 0.177 e. The molecule has 2 heteroatoms. The van der Waals surface area contributed by atoms with Gasteiger partial charge in [-0.15, -0.1) is 5.92 Å². The molecular weight excluding hydrogens is 135 g/mol. The van der Waals surface area contributed by atoms with Crippen molar-refractivity contribution in [3.63, 3.8) is 0 Å². The molecule has 0 atom stereocenters. The molecule has 0 radical (unpaired) electrons. The molecule has 1 rings (SSSR count). The van der Waals surface area contributed by atoms with Crippen molar-refractivity contribution in [2.45, 2.75) is 6.92 Å². The largest absolute Gasteiger partial charge is 0.195 e. The van der Waals surface area contributed by atoms with E-state index in [0.717, 1.165) is 16.2 Å². The van der Waals surface area contributed by atoms with Crippen molar-refractivity contribution < 1.29 is 4.39 Å². The van der Waals surface area contributed by atoms with Gasteiger partial charge < -0.3 is 0 Å². The third-order valence-corrected chi connectivity index (χ3v) is 1.61. The van der Waals surface area contributed by atoms with Crippen LogP contribution in [0.25, 0.3) is 0 Å². The molecule has 0 amide bonds. The van der Waals surface area contributed by atoms with Crippen molar-refractivity contribution in [2.24, 2.45) is 0 Å². The topological polar surface area (TPSA) is 0 Å². The Balaban J connectivity index is 2.93. The van der Waals surface area contributed by atoms with Crippen LogP contribution in [0.4, 0.5) is 4.39 Å². The molecule has 0 N–H and O–H groups in total. The highest BCUT2D eigenvalue weighted by atomic mass is 32.1. The molecule has 0 aliphatic rings. The SMILES string of the molecule is CC#Cc1ccc(F)s1. The molecule has 0 spiro atoms. The first kappa shape index (κ1) is 6.31. The Kier molecular flexibility index (Phi) is 1.86. The summed E-state index contributed by atoms with van der Waals surface area (Å²) in [5.74, 6) is 5.45. The van der Waals surface area contributed by atoms with E-state index in [9.17, 15) is 4.39 Å². The lowest BCUT2D eigenvalue weighted by Crippen LogP contribution is -1.54. The highest BCUT2D eigenvalue weighted by Gasteiger charge is 1.92. The molecule has 1 heterocycles. The first-order valence-electron chi connectivity index (χ1n) is 2.51. The van der Waals surface area contributed by atoms with Gasteiger partial charge in [0.1, 0.15) is 0 Å². The maximum atomic E-state index is 12.2. The van der Waals surface area contributed by atoms with E-state index in [1.165, 1.54) is 6.07 Å². The van der Waals surface area contributed by atoms with Crippen LogP contribution in [-0.2, 0) is 0 Å².